The van der Waals surface area contributed by atoms with E-state index >= 15 is 0 Å². The number of nitrogens with zero attached hydrogens (tertiary/aromatic N) is 6. The molecule has 2 aromatic carbocycles. The van der Waals surface area contributed by atoms with Gasteiger partial charge in [0.2, 0.25) is 0 Å². The molecule has 1 fully saturated rings. The third-order valence-corrected chi connectivity index (χ3v) is 5.93. The molecule has 0 atom stereocenters. The maximum Gasteiger partial charge on any atom is 0.196 e. The number of rotatable bonds is 8. The van der Waals surface area contributed by atoms with Crippen molar-refractivity contribution in [3.63, 3.8) is 0 Å². The molecule has 7 nitrogen and oxygen atoms in total. The van der Waals surface area contributed by atoms with E-state index in [4.69, 9.17) is 4.74 Å². The average molecular weight is 419 g/mol. The normalized spacial score (nSPS) is 13.5. The van der Waals surface area contributed by atoms with Gasteiger partial charge in [0.25, 0.3) is 0 Å². The molecule has 2 aromatic heterocycles. The molecule has 0 saturated heterocycles. The van der Waals surface area contributed by atoms with Crippen LogP contribution in [-0.4, -0.2) is 29.5 Å². The predicted octanol–water partition coefficient (Wildman–Crippen LogP) is 4.37. The van der Waals surface area contributed by atoms with Gasteiger partial charge in [-0.05, 0) is 44.0 Å². The van der Waals surface area contributed by atoms with E-state index in [0.717, 1.165) is 34.1 Å². The molecule has 0 unspecified atom stereocenters. The van der Waals surface area contributed by atoms with Gasteiger partial charge in [0.1, 0.15) is 24.0 Å². The highest BCUT2D eigenvalue weighted by Crippen LogP contribution is 2.37. The number of para-hydroxylation sites is 2. The average Bonchev–Trinajstić information content (AvgIpc) is 3.43. The first-order valence-corrected chi connectivity index (χ1v) is 11.0. The molecule has 1 saturated carbocycles. The van der Waals surface area contributed by atoms with Crippen LogP contribution in [0.3, 0.4) is 0 Å². The van der Waals surface area contributed by atoms with E-state index in [2.05, 4.69) is 41.7 Å². The van der Waals surface area contributed by atoms with E-state index in [1.165, 1.54) is 12.8 Å². The van der Waals surface area contributed by atoms with E-state index in [9.17, 15) is 0 Å². The Morgan fingerprint density at radius 2 is 1.60 bits per heavy atom. The Bertz CT molecular complexity index is 1120. The fourth-order valence-corrected chi connectivity index (χ4v) is 4.33. The number of ether oxygens (including phenoxy) is 1. The summed E-state index contributed by atoms with van der Waals surface area (Å²) in [6.07, 6.45) is 2.41. The SMILES string of the molecule is Cc1nnc(CSc2nnc(COc3ccccc3)n2-c2ccccc2)n1C1CC1. The molecule has 1 aliphatic rings. The maximum atomic E-state index is 5.93. The molecule has 4 aromatic rings. The second kappa shape index (κ2) is 8.31. The van der Waals surface area contributed by atoms with E-state index in [1.807, 2.05) is 55.5 Å². The van der Waals surface area contributed by atoms with Crippen molar-refractivity contribution in [3.05, 3.63) is 78.1 Å². The summed E-state index contributed by atoms with van der Waals surface area (Å²) in [6, 6.07) is 20.4. The molecule has 0 bridgehead atoms. The highest BCUT2D eigenvalue weighted by molar-refractivity contribution is 7.98. The molecule has 2 heterocycles. The van der Waals surface area contributed by atoms with E-state index in [-0.39, 0.29) is 0 Å². The molecule has 8 heteroatoms. The predicted molar refractivity (Wildman–Crippen MR) is 115 cm³/mol. The van der Waals surface area contributed by atoms with Crippen molar-refractivity contribution in [2.75, 3.05) is 0 Å². The largest absolute Gasteiger partial charge is 0.486 e. The van der Waals surface area contributed by atoms with Crippen molar-refractivity contribution in [1.29, 1.82) is 0 Å². The Morgan fingerprint density at radius 1 is 0.900 bits per heavy atom. The second-order valence-electron chi connectivity index (χ2n) is 7.22. The van der Waals surface area contributed by atoms with Gasteiger partial charge >= 0.3 is 0 Å². The molecule has 152 valence electrons. The van der Waals surface area contributed by atoms with Crippen molar-refractivity contribution in [2.24, 2.45) is 0 Å². The number of aryl methyl sites for hydroxylation is 1. The number of hydrogen-bond acceptors (Lipinski definition) is 6. The van der Waals surface area contributed by atoms with Crippen LogP contribution in [0.2, 0.25) is 0 Å². The lowest BCUT2D eigenvalue weighted by Gasteiger charge is -2.11. The first kappa shape index (κ1) is 18.9. The van der Waals surface area contributed by atoms with Gasteiger partial charge in [0.15, 0.2) is 11.0 Å². The molecular formula is C22H22N6OS. The van der Waals surface area contributed by atoms with Crippen LogP contribution < -0.4 is 4.74 Å². The van der Waals surface area contributed by atoms with Crippen LogP contribution in [0.5, 0.6) is 5.75 Å². The lowest BCUT2D eigenvalue weighted by atomic mass is 10.3. The quantitative estimate of drug-likeness (QED) is 0.396. The molecule has 0 amide bonds. The summed E-state index contributed by atoms with van der Waals surface area (Å²) in [6.45, 7) is 2.36. The highest BCUT2D eigenvalue weighted by Gasteiger charge is 2.28. The lowest BCUT2D eigenvalue weighted by molar-refractivity contribution is 0.293. The van der Waals surface area contributed by atoms with Gasteiger partial charge < -0.3 is 9.30 Å². The third kappa shape index (κ3) is 3.95. The van der Waals surface area contributed by atoms with Gasteiger partial charge in [-0.15, -0.1) is 20.4 Å². The third-order valence-electron chi connectivity index (χ3n) is 5.01. The molecule has 0 spiro atoms. The zero-order valence-corrected chi connectivity index (χ0v) is 17.5. The minimum Gasteiger partial charge on any atom is -0.486 e. The van der Waals surface area contributed by atoms with E-state index in [1.54, 1.807) is 11.8 Å². The smallest absolute Gasteiger partial charge is 0.196 e. The molecule has 30 heavy (non-hydrogen) atoms. The van der Waals surface area contributed by atoms with Crippen LogP contribution >= 0.6 is 11.8 Å². The standard InChI is InChI=1S/C22H22N6OS/c1-16-23-25-21(27(16)18-12-13-18)15-30-22-26-24-20(14-29-19-10-6-3-7-11-19)28(22)17-8-4-2-5-9-17/h2-11,18H,12-15H2,1H3. The Balaban J connectivity index is 1.40. The van der Waals surface area contributed by atoms with Crippen LogP contribution in [0.4, 0.5) is 0 Å². The van der Waals surface area contributed by atoms with Crippen molar-refractivity contribution >= 4 is 11.8 Å². The zero-order valence-electron chi connectivity index (χ0n) is 16.7. The fourth-order valence-electron chi connectivity index (χ4n) is 3.44. The number of benzene rings is 2. The summed E-state index contributed by atoms with van der Waals surface area (Å²) in [4.78, 5) is 0. The van der Waals surface area contributed by atoms with Crippen molar-refractivity contribution in [3.8, 4) is 11.4 Å². The fraction of sp³-hybridized carbons (Fsp3) is 0.273. The number of thioether (sulfide) groups is 1. The van der Waals surface area contributed by atoms with E-state index < -0.39 is 0 Å². The molecule has 1 aliphatic carbocycles. The topological polar surface area (TPSA) is 70.7 Å². The summed E-state index contributed by atoms with van der Waals surface area (Å²) < 4.78 is 10.2. The van der Waals surface area contributed by atoms with Gasteiger partial charge in [-0.25, -0.2) is 0 Å². The van der Waals surface area contributed by atoms with Crippen molar-refractivity contribution < 1.29 is 4.74 Å². The van der Waals surface area contributed by atoms with Gasteiger partial charge in [0.05, 0.1) is 5.75 Å². The minimum atomic E-state index is 0.337. The Kier molecular flexibility index (Phi) is 5.23. The van der Waals surface area contributed by atoms with E-state index in [0.29, 0.717) is 18.4 Å². The Hall–Kier alpha value is -3.13. The summed E-state index contributed by atoms with van der Waals surface area (Å²) in [5.41, 5.74) is 1.01. The summed E-state index contributed by atoms with van der Waals surface area (Å²) >= 11 is 1.62. The lowest BCUT2D eigenvalue weighted by Crippen LogP contribution is -2.07. The Morgan fingerprint density at radius 3 is 2.33 bits per heavy atom. The van der Waals surface area contributed by atoms with Crippen molar-refractivity contribution in [1.82, 2.24) is 29.5 Å². The summed E-state index contributed by atoms with van der Waals surface area (Å²) in [7, 11) is 0. The highest BCUT2D eigenvalue weighted by atomic mass is 32.2. The van der Waals surface area contributed by atoms with Crippen LogP contribution in [0.1, 0.15) is 36.4 Å². The van der Waals surface area contributed by atoms with Gasteiger partial charge in [0, 0.05) is 11.7 Å². The second-order valence-corrected chi connectivity index (χ2v) is 8.17. The van der Waals surface area contributed by atoms with Gasteiger partial charge in [-0.3, -0.25) is 4.57 Å². The van der Waals surface area contributed by atoms with Gasteiger partial charge in [-0.2, -0.15) is 0 Å². The minimum absolute atomic E-state index is 0.337. The maximum absolute atomic E-state index is 5.93. The Labute approximate surface area is 179 Å². The first-order valence-electron chi connectivity index (χ1n) is 10.0. The summed E-state index contributed by atoms with van der Waals surface area (Å²) in [5, 5.41) is 18.4. The van der Waals surface area contributed by atoms with Crippen LogP contribution in [-0.2, 0) is 12.4 Å². The molecule has 0 aliphatic heterocycles. The number of aromatic nitrogens is 6. The zero-order chi connectivity index (χ0) is 20.3. The van der Waals surface area contributed by atoms with Gasteiger partial charge in [-0.1, -0.05) is 48.2 Å². The molecule has 0 N–H and O–H groups in total. The monoisotopic (exact) mass is 418 g/mol. The first-order chi connectivity index (χ1) is 14.8. The van der Waals surface area contributed by atoms with Crippen LogP contribution in [0, 0.1) is 6.92 Å². The van der Waals surface area contributed by atoms with Crippen molar-refractivity contribution in [2.45, 2.75) is 43.3 Å². The molecule has 0 radical (unpaired) electrons. The number of hydrogen-bond donors (Lipinski definition) is 0. The van der Waals surface area contributed by atoms with Crippen LogP contribution in [0.25, 0.3) is 5.69 Å². The summed E-state index contributed by atoms with van der Waals surface area (Å²) in [5.74, 6) is 4.23. The molecular weight excluding hydrogens is 396 g/mol. The molecule has 5 rings (SSSR count). The van der Waals surface area contributed by atoms with Crippen LogP contribution in [0.15, 0.2) is 65.8 Å².